The van der Waals surface area contributed by atoms with Gasteiger partial charge in [-0.1, -0.05) is 0 Å². The summed E-state index contributed by atoms with van der Waals surface area (Å²) in [4.78, 5) is 15.2. The largest absolute Gasteiger partial charge is 0.466 e. The van der Waals surface area contributed by atoms with Crippen LogP contribution in [-0.2, 0) is 4.79 Å². The third-order valence-electron chi connectivity index (χ3n) is 2.54. The van der Waals surface area contributed by atoms with Gasteiger partial charge in [-0.25, -0.2) is 4.98 Å². The highest BCUT2D eigenvalue weighted by Gasteiger charge is 2.26. The molecule has 1 saturated carbocycles. The molecule has 1 N–H and O–H groups in total. The second-order valence-corrected chi connectivity index (χ2v) is 3.73. The Morgan fingerprint density at radius 2 is 2.36 bits per heavy atom. The molecule has 1 aliphatic carbocycles. The number of rotatable bonds is 1. The molecule has 1 aromatic rings. The Balaban J connectivity index is 1.99. The van der Waals surface area contributed by atoms with E-state index in [1.54, 1.807) is 0 Å². The van der Waals surface area contributed by atoms with Crippen molar-refractivity contribution in [2.45, 2.75) is 18.8 Å². The van der Waals surface area contributed by atoms with Crippen LogP contribution in [0.5, 0.6) is 5.88 Å². The summed E-state index contributed by atoms with van der Waals surface area (Å²) in [6.07, 6.45) is 4.30. The maximum absolute atomic E-state index is 11.1. The highest BCUT2D eigenvalue weighted by Crippen LogP contribution is 2.41. The van der Waals surface area contributed by atoms with Crippen LogP contribution in [0.15, 0.2) is 12.3 Å². The van der Waals surface area contributed by atoms with Crippen LogP contribution in [0.25, 0.3) is 0 Å². The first kappa shape index (κ1) is 7.79. The van der Waals surface area contributed by atoms with Gasteiger partial charge in [0.15, 0.2) is 6.61 Å². The van der Waals surface area contributed by atoms with Crippen molar-refractivity contribution in [3.05, 3.63) is 17.8 Å². The van der Waals surface area contributed by atoms with Gasteiger partial charge < -0.3 is 10.1 Å². The average Bonchev–Trinajstić information content (AvgIpc) is 3.00. The summed E-state index contributed by atoms with van der Waals surface area (Å²) in [5.41, 5.74) is 1.92. The van der Waals surface area contributed by atoms with E-state index in [4.69, 9.17) is 4.74 Å². The summed E-state index contributed by atoms with van der Waals surface area (Å²) in [6.45, 7) is 0.0722. The number of nitrogens with one attached hydrogen (secondary N) is 1. The van der Waals surface area contributed by atoms with Gasteiger partial charge in [0.25, 0.3) is 5.91 Å². The van der Waals surface area contributed by atoms with Gasteiger partial charge in [0, 0.05) is 6.20 Å². The fourth-order valence-electron chi connectivity index (χ4n) is 1.63. The smallest absolute Gasteiger partial charge is 0.262 e. The molecule has 1 aromatic heterocycles. The van der Waals surface area contributed by atoms with E-state index in [9.17, 15) is 4.79 Å². The van der Waals surface area contributed by atoms with Crippen LogP contribution in [0.2, 0.25) is 0 Å². The quantitative estimate of drug-likeness (QED) is 0.726. The predicted octanol–water partition coefficient (Wildman–Crippen LogP) is 1.29. The van der Waals surface area contributed by atoms with Crippen molar-refractivity contribution in [2.24, 2.45) is 0 Å². The van der Waals surface area contributed by atoms with E-state index in [2.05, 4.69) is 10.3 Å². The molecule has 4 heteroatoms. The SMILES string of the molecule is O=C1COc2ncc(C3CC3)cc2N1. The summed E-state index contributed by atoms with van der Waals surface area (Å²) >= 11 is 0. The second-order valence-electron chi connectivity index (χ2n) is 3.73. The molecule has 0 aromatic carbocycles. The molecular weight excluding hydrogens is 180 g/mol. The number of nitrogens with zero attached hydrogens (tertiary/aromatic N) is 1. The number of pyridine rings is 1. The predicted molar refractivity (Wildman–Crippen MR) is 50.3 cm³/mol. The fourth-order valence-corrected chi connectivity index (χ4v) is 1.63. The molecular formula is C10H10N2O2. The molecule has 0 saturated heterocycles. The number of aromatic nitrogens is 1. The van der Waals surface area contributed by atoms with Gasteiger partial charge in [-0.2, -0.15) is 0 Å². The van der Waals surface area contributed by atoms with Crippen LogP contribution in [0.4, 0.5) is 5.69 Å². The van der Waals surface area contributed by atoms with Gasteiger partial charge >= 0.3 is 0 Å². The van der Waals surface area contributed by atoms with Gasteiger partial charge in [0.05, 0.1) is 0 Å². The second kappa shape index (κ2) is 2.70. The van der Waals surface area contributed by atoms with Crippen LogP contribution in [0, 0.1) is 0 Å². The zero-order chi connectivity index (χ0) is 9.54. The van der Waals surface area contributed by atoms with E-state index in [-0.39, 0.29) is 12.5 Å². The standard InChI is InChI=1S/C10H10N2O2/c13-9-5-14-10-8(12-9)3-7(4-11-10)6-1-2-6/h3-4,6H,1-2,5H2,(H,12,13). The Labute approximate surface area is 81.3 Å². The summed E-state index contributed by atoms with van der Waals surface area (Å²) in [5.74, 6) is 1.08. The van der Waals surface area contributed by atoms with E-state index in [1.165, 1.54) is 18.4 Å². The summed E-state index contributed by atoms with van der Waals surface area (Å²) in [7, 11) is 0. The highest BCUT2D eigenvalue weighted by atomic mass is 16.5. The zero-order valence-electron chi connectivity index (χ0n) is 7.62. The summed E-state index contributed by atoms with van der Waals surface area (Å²) in [6, 6.07) is 1.97. The molecule has 1 fully saturated rings. The first-order valence-corrected chi connectivity index (χ1v) is 4.75. The van der Waals surface area contributed by atoms with Gasteiger partial charge in [-0.3, -0.25) is 4.79 Å². The molecule has 0 radical (unpaired) electrons. The molecule has 0 spiro atoms. The molecule has 4 nitrogen and oxygen atoms in total. The Morgan fingerprint density at radius 3 is 3.14 bits per heavy atom. The van der Waals surface area contributed by atoms with Crippen molar-refractivity contribution >= 4 is 11.6 Å². The van der Waals surface area contributed by atoms with E-state index in [0.717, 1.165) is 0 Å². The number of amides is 1. The molecule has 14 heavy (non-hydrogen) atoms. The van der Waals surface area contributed by atoms with Gasteiger partial charge in [0.2, 0.25) is 5.88 Å². The summed E-state index contributed by atoms with van der Waals surface area (Å²) in [5, 5.41) is 2.76. The number of hydrogen-bond donors (Lipinski definition) is 1. The average molecular weight is 190 g/mol. The molecule has 72 valence electrons. The van der Waals surface area contributed by atoms with Gasteiger partial charge in [-0.05, 0) is 30.4 Å². The Hall–Kier alpha value is -1.58. The lowest BCUT2D eigenvalue weighted by Gasteiger charge is -2.17. The lowest BCUT2D eigenvalue weighted by Crippen LogP contribution is -2.26. The molecule has 3 rings (SSSR count). The maximum atomic E-state index is 11.1. The normalized spacial score (nSPS) is 19.6. The highest BCUT2D eigenvalue weighted by molar-refractivity contribution is 5.94. The minimum Gasteiger partial charge on any atom is -0.466 e. The number of hydrogen-bond acceptors (Lipinski definition) is 3. The zero-order valence-corrected chi connectivity index (χ0v) is 7.62. The number of fused-ring (bicyclic) bond motifs is 1. The van der Waals surface area contributed by atoms with Crippen LogP contribution < -0.4 is 10.1 Å². The van der Waals surface area contributed by atoms with Crippen LogP contribution >= 0.6 is 0 Å². The van der Waals surface area contributed by atoms with Gasteiger partial charge in [0.1, 0.15) is 5.69 Å². The monoisotopic (exact) mass is 190 g/mol. The van der Waals surface area contributed by atoms with Crippen molar-refractivity contribution in [3.63, 3.8) is 0 Å². The number of anilines is 1. The van der Waals surface area contributed by atoms with Crippen molar-refractivity contribution < 1.29 is 9.53 Å². The van der Waals surface area contributed by atoms with Crippen LogP contribution in [0.3, 0.4) is 0 Å². The number of carbonyl (C=O) groups excluding carboxylic acids is 1. The van der Waals surface area contributed by atoms with Crippen LogP contribution in [-0.4, -0.2) is 17.5 Å². The van der Waals surface area contributed by atoms with Gasteiger partial charge in [-0.15, -0.1) is 0 Å². The number of ether oxygens (including phenoxy) is 1. The molecule has 1 amide bonds. The van der Waals surface area contributed by atoms with Crippen molar-refractivity contribution in [1.82, 2.24) is 4.98 Å². The van der Waals surface area contributed by atoms with E-state index >= 15 is 0 Å². The third-order valence-corrected chi connectivity index (χ3v) is 2.54. The topological polar surface area (TPSA) is 51.2 Å². The third kappa shape index (κ3) is 1.23. The molecule has 2 heterocycles. The summed E-state index contributed by atoms with van der Waals surface area (Å²) < 4.78 is 5.17. The minimum absolute atomic E-state index is 0.0722. The first-order chi connectivity index (χ1) is 6.83. The lowest BCUT2D eigenvalue weighted by molar-refractivity contribution is -0.118. The Kier molecular flexibility index (Phi) is 1.50. The maximum Gasteiger partial charge on any atom is 0.262 e. The molecule has 2 aliphatic rings. The van der Waals surface area contributed by atoms with Crippen molar-refractivity contribution in [2.75, 3.05) is 11.9 Å². The molecule has 0 bridgehead atoms. The van der Waals surface area contributed by atoms with E-state index < -0.39 is 0 Å². The van der Waals surface area contributed by atoms with Crippen molar-refractivity contribution in [3.8, 4) is 5.88 Å². The lowest BCUT2D eigenvalue weighted by atomic mass is 10.2. The van der Waals surface area contributed by atoms with E-state index in [0.29, 0.717) is 17.5 Å². The first-order valence-electron chi connectivity index (χ1n) is 4.75. The number of carbonyl (C=O) groups is 1. The molecule has 0 unspecified atom stereocenters. The van der Waals surface area contributed by atoms with Crippen LogP contribution in [0.1, 0.15) is 24.3 Å². The fraction of sp³-hybridized carbons (Fsp3) is 0.400. The minimum atomic E-state index is -0.104. The molecule has 1 aliphatic heterocycles. The molecule has 0 atom stereocenters. The van der Waals surface area contributed by atoms with Crippen molar-refractivity contribution in [1.29, 1.82) is 0 Å². The Bertz CT molecular complexity index is 399. The Morgan fingerprint density at radius 1 is 1.50 bits per heavy atom. The van der Waals surface area contributed by atoms with E-state index in [1.807, 2.05) is 12.3 Å².